The molecule has 0 spiro atoms. The molecule has 1 fully saturated rings. The van der Waals surface area contributed by atoms with Gasteiger partial charge in [-0.3, -0.25) is 9.69 Å². The van der Waals surface area contributed by atoms with Gasteiger partial charge in [-0.15, -0.1) is 0 Å². The van der Waals surface area contributed by atoms with E-state index < -0.39 is 12.0 Å². The number of carboxylic acids is 1. The van der Waals surface area contributed by atoms with Crippen molar-refractivity contribution < 1.29 is 14.6 Å². The van der Waals surface area contributed by atoms with Crippen molar-refractivity contribution >= 4 is 5.97 Å². The SMILES string of the molecule is COCC(C)C(C(=O)O)N1CCCNCC1. The number of nitrogens with one attached hydrogen (secondary N) is 1. The van der Waals surface area contributed by atoms with Gasteiger partial charge < -0.3 is 15.2 Å². The molecule has 2 atom stereocenters. The number of hydrogen-bond acceptors (Lipinski definition) is 4. The molecule has 2 N–H and O–H groups in total. The lowest BCUT2D eigenvalue weighted by atomic mass is 10.0. The Bertz CT molecular complexity index is 215. The van der Waals surface area contributed by atoms with Crippen LogP contribution >= 0.6 is 0 Å². The fourth-order valence-corrected chi connectivity index (χ4v) is 2.26. The Balaban J connectivity index is 2.63. The Labute approximate surface area is 96.8 Å². The molecule has 1 aliphatic heterocycles. The molecule has 2 unspecified atom stereocenters. The number of rotatable bonds is 5. The highest BCUT2D eigenvalue weighted by Crippen LogP contribution is 2.13. The quantitative estimate of drug-likeness (QED) is 0.697. The summed E-state index contributed by atoms with van der Waals surface area (Å²) in [5, 5.41) is 12.6. The van der Waals surface area contributed by atoms with E-state index in [-0.39, 0.29) is 5.92 Å². The lowest BCUT2D eigenvalue weighted by Crippen LogP contribution is -2.48. The number of carboxylic acid groups (broad SMARTS) is 1. The Morgan fingerprint density at radius 2 is 2.25 bits per heavy atom. The minimum absolute atomic E-state index is 0.0144. The zero-order valence-electron chi connectivity index (χ0n) is 10.1. The van der Waals surface area contributed by atoms with E-state index in [1.807, 2.05) is 11.8 Å². The van der Waals surface area contributed by atoms with Crippen molar-refractivity contribution in [2.24, 2.45) is 5.92 Å². The van der Waals surface area contributed by atoms with Gasteiger partial charge in [0.1, 0.15) is 6.04 Å². The Hall–Kier alpha value is -0.650. The van der Waals surface area contributed by atoms with Crippen LogP contribution in [0.25, 0.3) is 0 Å². The van der Waals surface area contributed by atoms with Gasteiger partial charge in [-0.05, 0) is 13.0 Å². The molecule has 1 rings (SSSR count). The molecule has 0 aromatic carbocycles. The third-order valence-corrected chi connectivity index (χ3v) is 2.99. The molecule has 94 valence electrons. The van der Waals surface area contributed by atoms with Gasteiger partial charge in [0.05, 0.1) is 6.61 Å². The van der Waals surface area contributed by atoms with Crippen LogP contribution in [0.2, 0.25) is 0 Å². The molecule has 0 radical (unpaired) electrons. The van der Waals surface area contributed by atoms with Crippen LogP contribution in [0.1, 0.15) is 13.3 Å². The van der Waals surface area contributed by atoms with Gasteiger partial charge >= 0.3 is 5.97 Å². The fourth-order valence-electron chi connectivity index (χ4n) is 2.26. The summed E-state index contributed by atoms with van der Waals surface area (Å²) in [5.41, 5.74) is 0. The highest BCUT2D eigenvalue weighted by molar-refractivity contribution is 5.73. The average molecular weight is 230 g/mol. The van der Waals surface area contributed by atoms with Crippen molar-refractivity contribution in [3.8, 4) is 0 Å². The summed E-state index contributed by atoms with van der Waals surface area (Å²) >= 11 is 0. The van der Waals surface area contributed by atoms with Crippen LogP contribution in [-0.4, -0.2) is 61.9 Å². The maximum atomic E-state index is 11.3. The van der Waals surface area contributed by atoms with Crippen LogP contribution < -0.4 is 5.32 Å². The Morgan fingerprint density at radius 1 is 1.50 bits per heavy atom. The number of aliphatic carboxylic acids is 1. The van der Waals surface area contributed by atoms with Crippen LogP contribution in [-0.2, 0) is 9.53 Å². The number of hydrogen-bond donors (Lipinski definition) is 2. The predicted octanol–water partition coefficient (Wildman–Crippen LogP) is 0.0174. The predicted molar refractivity (Wildman–Crippen MR) is 61.5 cm³/mol. The van der Waals surface area contributed by atoms with E-state index in [1.165, 1.54) is 0 Å². The lowest BCUT2D eigenvalue weighted by Gasteiger charge is -2.31. The first-order chi connectivity index (χ1) is 7.66. The van der Waals surface area contributed by atoms with Crippen molar-refractivity contribution in [1.29, 1.82) is 0 Å². The van der Waals surface area contributed by atoms with Gasteiger partial charge in [0.15, 0.2) is 0 Å². The molecule has 5 nitrogen and oxygen atoms in total. The molecule has 1 aliphatic rings. The maximum Gasteiger partial charge on any atom is 0.321 e. The number of nitrogens with zero attached hydrogens (tertiary/aromatic N) is 1. The smallest absolute Gasteiger partial charge is 0.321 e. The molecule has 1 saturated heterocycles. The second-order valence-corrected chi connectivity index (χ2v) is 4.36. The summed E-state index contributed by atoms with van der Waals surface area (Å²) < 4.78 is 5.05. The van der Waals surface area contributed by atoms with Crippen molar-refractivity contribution in [3.63, 3.8) is 0 Å². The van der Waals surface area contributed by atoms with Crippen LogP contribution in [0, 0.1) is 5.92 Å². The number of methoxy groups -OCH3 is 1. The van der Waals surface area contributed by atoms with Crippen molar-refractivity contribution in [2.45, 2.75) is 19.4 Å². The second-order valence-electron chi connectivity index (χ2n) is 4.36. The molecule has 0 amide bonds. The third kappa shape index (κ3) is 3.73. The summed E-state index contributed by atoms with van der Waals surface area (Å²) in [5.74, 6) is -0.730. The monoisotopic (exact) mass is 230 g/mol. The second kappa shape index (κ2) is 6.83. The highest BCUT2D eigenvalue weighted by atomic mass is 16.5. The first-order valence-corrected chi connectivity index (χ1v) is 5.83. The first-order valence-electron chi connectivity index (χ1n) is 5.83. The van der Waals surface area contributed by atoms with E-state index in [0.717, 1.165) is 32.6 Å². The molecule has 16 heavy (non-hydrogen) atoms. The Kier molecular flexibility index (Phi) is 5.73. The minimum Gasteiger partial charge on any atom is -0.480 e. The molecule has 0 saturated carbocycles. The molecule has 0 aromatic rings. The summed E-state index contributed by atoms with van der Waals surface area (Å²) in [4.78, 5) is 13.4. The summed E-state index contributed by atoms with van der Waals surface area (Å²) in [7, 11) is 1.61. The minimum atomic E-state index is -0.744. The van der Waals surface area contributed by atoms with Crippen LogP contribution in [0.15, 0.2) is 0 Å². The molecule has 0 aliphatic carbocycles. The fraction of sp³-hybridized carbons (Fsp3) is 0.909. The largest absolute Gasteiger partial charge is 0.480 e. The van der Waals surface area contributed by atoms with E-state index in [2.05, 4.69) is 5.32 Å². The van der Waals surface area contributed by atoms with E-state index in [0.29, 0.717) is 6.61 Å². The normalized spacial score (nSPS) is 22.4. The zero-order valence-corrected chi connectivity index (χ0v) is 10.1. The van der Waals surface area contributed by atoms with E-state index in [4.69, 9.17) is 4.74 Å². The van der Waals surface area contributed by atoms with Crippen molar-refractivity contribution in [3.05, 3.63) is 0 Å². The van der Waals surface area contributed by atoms with Crippen LogP contribution in [0.3, 0.4) is 0 Å². The van der Waals surface area contributed by atoms with Gasteiger partial charge in [0.25, 0.3) is 0 Å². The van der Waals surface area contributed by atoms with Gasteiger partial charge in [0.2, 0.25) is 0 Å². The maximum absolute atomic E-state index is 11.3. The molecular weight excluding hydrogens is 208 g/mol. The Morgan fingerprint density at radius 3 is 2.88 bits per heavy atom. The summed E-state index contributed by atoms with van der Waals surface area (Å²) in [6, 6.07) is -0.431. The summed E-state index contributed by atoms with van der Waals surface area (Å²) in [6.07, 6.45) is 1.00. The van der Waals surface area contributed by atoms with Crippen LogP contribution in [0.5, 0.6) is 0 Å². The molecule has 0 aromatic heterocycles. The highest BCUT2D eigenvalue weighted by Gasteiger charge is 2.31. The summed E-state index contributed by atoms with van der Waals surface area (Å²) in [6.45, 7) is 5.90. The van der Waals surface area contributed by atoms with Gasteiger partial charge in [-0.25, -0.2) is 0 Å². The van der Waals surface area contributed by atoms with Gasteiger partial charge in [-0.1, -0.05) is 6.92 Å². The average Bonchev–Trinajstić information content (AvgIpc) is 2.46. The standard InChI is InChI=1S/C11H22N2O3/c1-9(8-16-2)10(11(14)15)13-6-3-4-12-5-7-13/h9-10,12H,3-8H2,1-2H3,(H,14,15). The first kappa shape index (κ1) is 13.4. The number of carbonyl (C=O) groups is 1. The lowest BCUT2D eigenvalue weighted by molar-refractivity contribution is -0.146. The molecule has 5 heteroatoms. The van der Waals surface area contributed by atoms with Crippen molar-refractivity contribution in [1.82, 2.24) is 10.2 Å². The molecular formula is C11H22N2O3. The number of ether oxygens (including phenoxy) is 1. The van der Waals surface area contributed by atoms with Crippen LogP contribution in [0.4, 0.5) is 0 Å². The van der Waals surface area contributed by atoms with Crippen molar-refractivity contribution in [2.75, 3.05) is 39.9 Å². The van der Waals surface area contributed by atoms with Gasteiger partial charge in [-0.2, -0.15) is 0 Å². The third-order valence-electron chi connectivity index (χ3n) is 2.99. The van der Waals surface area contributed by atoms with E-state index in [9.17, 15) is 9.90 Å². The topological polar surface area (TPSA) is 61.8 Å². The zero-order chi connectivity index (χ0) is 12.0. The molecule has 1 heterocycles. The van der Waals surface area contributed by atoms with E-state index >= 15 is 0 Å². The molecule has 0 bridgehead atoms. The van der Waals surface area contributed by atoms with E-state index in [1.54, 1.807) is 7.11 Å². The van der Waals surface area contributed by atoms with Gasteiger partial charge in [0, 0.05) is 32.7 Å².